The van der Waals surface area contributed by atoms with E-state index < -0.39 is 0 Å². The second-order valence-corrected chi connectivity index (χ2v) is 2.87. The summed E-state index contributed by atoms with van der Waals surface area (Å²) >= 11 is 0. The topological polar surface area (TPSA) is 54.3 Å². The number of hydrogen-bond donors (Lipinski definition) is 2. The van der Waals surface area contributed by atoms with Crippen molar-refractivity contribution in [2.75, 3.05) is 7.05 Å². The summed E-state index contributed by atoms with van der Waals surface area (Å²) in [5, 5.41) is 5.17. The second kappa shape index (κ2) is 3.98. The molecule has 2 N–H and O–H groups in total. The van der Waals surface area contributed by atoms with Gasteiger partial charge in [0.05, 0.1) is 0 Å². The van der Waals surface area contributed by atoms with Crippen LogP contribution >= 0.6 is 0 Å². The molecule has 4 heteroatoms. The van der Waals surface area contributed by atoms with Gasteiger partial charge in [0, 0.05) is 19.2 Å². The van der Waals surface area contributed by atoms with Crippen LogP contribution in [0.4, 0.5) is 4.79 Å². The summed E-state index contributed by atoms with van der Waals surface area (Å²) < 4.78 is 5.31. The van der Waals surface area contributed by atoms with E-state index in [1.54, 1.807) is 7.05 Å². The van der Waals surface area contributed by atoms with Crippen molar-refractivity contribution in [1.82, 2.24) is 10.6 Å². The van der Waals surface area contributed by atoms with Crippen molar-refractivity contribution in [2.45, 2.75) is 20.4 Å². The molecule has 1 aromatic heterocycles. The smallest absolute Gasteiger partial charge is 0.314 e. The standard InChI is InChI=1S/C9H14N2O2/c1-6-4-8(7(2)13-6)5-11-9(12)10-3/h4H,5H2,1-3H3,(H2,10,11,12). The molecule has 2 amide bonds. The fourth-order valence-electron chi connectivity index (χ4n) is 1.12. The molecule has 4 nitrogen and oxygen atoms in total. The zero-order chi connectivity index (χ0) is 9.84. The molecule has 0 bridgehead atoms. The second-order valence-electron chi connectivity index (χ2n) is 2.87. The molecule has 0 aliphatic rings. The van der Waals surface area contributed by atoms with Gasteiger partial charge in [-0.2, -0.15) is 0 Å². The molecule has 1 aromatic rings. The zero-order valence-corrected chi connectivity index (χ0v) is 8.10. The molecule has 0 saturated carbocycles. The van der Waals surface area contributed by atoms with Crippen molar-refractivity contribution in [2.24, 2.45) is 0 Å². The van der Waals surface area contributed by atoms with E-state index in [-0.39, 0.29) is 6.03 Å². The molecule has 0 unspecified atom stereocenters. The first kappa shape index (κ1) is 9.64. The maximum atomic E-state index is 10.9. The van der Waals surface area contributed by atoms with Crippen molar-refractivity contribution >= 4 is 6.03 Å². The summed E-state index contributed by atoms with van der Waals surface area (Å²) in [6, 6.07) is 1.74. The van der Waals surface area contributed by atoms with Gasteiger partial charge in [-0.1, -0.05) is 0 Å². The highest BCUT2D eigenvalue weighted by molar-refractivity contribution is 5.73. The molecule has 0 atom stereocenters. The van der Waals surface area contributed by atoms with Crippen LogP contribution in [-0.2, 0) is 6.54 Å². The number of aryl methyl sites for hydroxylation is 2. The molecule has 0 aromatic carbocycles. The van der Waals surface area contributed by atoms with E-state index in [9.17, 15) is 4.79 Å². The lowest BCUT2D eigenvalue weighted by atomic mass is 10.2. The highest BCUT2D eigenvalue weighted by Gasteiger charge is 2.04. The average molecular weight is 182 g/mol. The number of nitrogens with one attached hydrogen (secondary N) is 2. The summed E-state index contributed by atoms with van der Waals surface area (Å²) in [4.78, 5) is 10.9. The first-order chi connectivity index (χ1) is 6.13. The van der Waals surface area contributed by atoms with Crippen molar-refractivity contribution in [3.63, 3.8) is 0 Å². The Morgan fingerprint density at radius 1 is 1.54 bits per heavy atom. The van der Waals surface area contributed by atoms with Gasteiger partial charge in [-0.05, 0) is 19.9 Å². The van der Waals surface area contributed by atoms with E-state index in [4.69, 9.17) is 4.42 Å². The van der Waals surface area contributed by atoms with Gasteiger partial charge in [0.25, 0.3) is 0 Å². The fraction of sp³-hybridized carbons (Fsp3) is 0.444. The van der Waals surface area contributed by atoms with Crippen LogP contribution in [0.15, 0.2) is 10.5 Å². The zero-order valence-electron chi connectivity index (χ0n) is 8.10. The van der Waals surface area contributed by atoms with Gasteiger partial charge in [0.15, 0.2) is 0 Å². The molecular formula is C9H14N2O2. The van der Waals surface area contributed by atoms with Gasteiger partial charge in [-0.25, -0.2) is 4.79 Å². The number of furan rings is 1. The SMILES string of the molecule is CNC(=O)NCc1cc(C)oc1C. The lowest BCUT2D eigenvalue weighted by Gasteiger charge is -2.01. The molecule has 0 aliphatic carbocycles. The number of rotatable bonds is 2. The quantitative estimate of drug-likeness (QED) is 0.724. The third-order valence-corrected chi connectivity index (χ3v) is 1.81. The molecule has 13 heavy (non-hydrogen) atoms. The van der Waals surface area contributed by atoms with Crippen LogP contribution in [0, 0.1) is 13.8 Å². The third kappa shape index (κ3) is 2.50. The Hall–Kier alpha value is -1.45. The van der Waals surface area contributed by atoms with Crippen molar-refractivity contribution in [1.29, 1.82) is 0 Å². The van der Waals surface area contributed by atoms with Crippen LogP contribution in [-0.4, -0.2) is 13.1 Å². The molecular weight excluding hydrogens is 168 g/mol. The number of carbonyl (C=O) groups is 1. The Labute approximate surface area is 77.3 Å². The summed E-state index contributed by atoms with van der Waals surface area (Å²) in [5.41, 5.74) is 1.01. The van der Waals surface area contributed by atoms with Crippen LogP contribution in [0.5, 0.6) is 0 Å². The van der Waals surface area contributed by atoms with Crippen LogP contribution in [0.25, 0.3) is 0 Å². The lowest BCUT2D eigenvalue weighted by molar-refractivity contribution is 0.242. The Kier molecular flexibility index (Phi) is 2.95. The highest BCUT2D eigenvalue weighted by atomic mass is 16.3. The number of amides is 2. The summed E-state index contributed by atoms with van der Waals surface area (Å²) in [6.07, 6.45) is 0. The molecule has 1 heterocycles. The van der Waals surface area contributed by atoms with Gasteiger partial charge >= 0.3 is 6.03 Å². The van der Waals surface area contributed by atoms with E-state index >= 15 is 0 Å². The maximum Gasteiger partial charge on any atom is 0.314 e. The minimum atomic E-state index is -0.182. The number of carbonyl (C=O) groups excluding carboxylic acids is 1. The Morgan fingerprint density at radius 3 is 2.69 bits per heavy atom. The monoisotopic (exact) mass is 182 g/mol. The predicted octanol–water partition coefficient (Wildman–Crippen LogP) is 1.33. The van der Waals surface area contributed by atoms with Gasteiger partial charge in [-0.3, -0.25) is 0 Å². The third-order valence-electron chi connectivity index (χ3n) is 1.81. The molecule has 0 spiro atoms. The van der Waals surface area contributed by atoms with Gasteiger partial charge < -0.3 is 15.1 Å². The van der Waals surface area contributed by atoms with Crippen LogP contribution in [0.2, 0.25) is 0 Å². The Morgan fingerprint density at radius 2 is 2.23 bits per heavy atom. The van der Waals surface area contributed by atoms with Crippen molar-refractivity contribution in [3.05, 3.63) is 23.2 Å². The Bertz CT molecular complexity index is 305. The van der Waals surface area contributed by atoms with Crippen molar-refractivity contribution < 1.29 is 9.21 Å². The van der Waals surface area contributed by atoms with Crippen molar-refractivity contribution in [3.8, 4) is 0 Å². The normalized spacial score (nSPS) is 9.77. The van der Waals surface area contributed by atoms with Crippen LogP contribution < -0.4 is 10.6 Å². The lowest BCUT2D eigenvalue weighted by Crippen LogP contribution is -2.32. The summed E-state index contributed by atoms with van der Waals surface area (Å²) in [6.45, 7) is 4.27. The van der Waals surface area contributed by atoms with Crippen LogP contribution in [0.1, 0.15) is 17.1 Å². The maximum absolute atomic E-state index is 10.9. The predicted molar refractivity (Wildman–Crippen MR) is 49.5 cm³/mol. The van der Waals surface area contributed by atoms with Gasteiger partial charge in [0.2, 0.25) is 0 Å². The first-order valence-corrected chi connectivity index (χ1v) is 4.15. The largest absolute Gasteiger partial charge is 0.466 e. The number of urea groups is 1. The summed E-state index contributed by atoms with van der Waals surface area (Å²) in [5.74, 6) is 1.72. The number of hydrogen-bond acceptors (Lipinski definition) is 2. The van der Waals surface area contributed by atoms with E-state index in [0.717, 1.165) is 17.1 Å². The molecule has 0 fully saturated rings. The highest BCUT2D eigenvalue weighted by Crippen LogP contribution is 2.12. The van der Waals surface area contributed by atoms with Gasteiger partial charge in [0.1, 0.15) is 11.5 Å². The fourth-order valence-corrected chi connectivity index (χ4v) is 1.12. The molecule has 0 radical (unpaired) electrons. The Balaban J connectivity index is 2.54. The van der Waals surface area contributed by atoms with E-state index in [2.05, 4.69) is 10.6 Å². The molecule has 0 aliphatic heterocycles. The van der Waals surface area contributed by atoms with E-state index in [1.807, 2.05) is 19.9 Å². The molecule has 1 rings (SSSR count). The average Bonchev–Trinajstić information content (AvgIpc) is 2.41. The molecule has 72 valence electrons. The first-order valence-electron chi connectivity index (χ1n) is 4.15. The van der Waals surface area contributed by atoms with E-state index in [1.165, 1.54) is 0 Å². The summed E-state index contributed by atoms with van der Waals surface area (Å²) in [7, 11) is 1.59. The minimum absolute atomic E-state index is 0.182. The molecule has 0 saturated heterocycles. The minimum Gasteiger partial charge on any atom is -0.466 e. The van der Waals surface area contributed by atoms with E-state index in [0.29, 0.717) is 6.54 Å². The van der Waals surface area contributed by atoms with Gasteiger partial charge in [-0.15, -0.1) is 0 Å². The van der Waals surface area contributed by atoms with Crippen LogP contribution in [0.3, 0.4) is 0 Å².